The van der Waals surface area contributed by atoms with Gasteiger partial charge in [-0.2, -0.15) is 0 Å². The largest absolute Gasteiger partial charge is 0.392 e. The predicted molar refractivity (Wildman–Crippen MR) is 113 cm³/mol. The van der Waals surface area contributed by atoms with Crippen LogP contribution in [0.5, 0.6) is 0 Å². The molecule has 0 spiro atoms. The van der Waals surface area contributed by atoms with E-state index in [-0.39, 0.29) is 6.04 Å². The zero-order valence-corrected chi connectivity index (χ0v) is 16.2. The third-order valence-corrected chi connectivity index (χ3v) is 5.34. The molecule has 0 bridgehead atoms. The van der Waals surface area contributed by atoms with Crippen LogP contribution < -0.4 is 5.32 Å². The van der Waals surface area contributed by atoms with E-state index in [1.54, 1.807) is 0 Å². The molecule has 27 heavy (non-hydrogen) atoms. The molecule has 0 amide bonds. The van der Waals surface area contributed by atoms with E-state index in [1.807, 2.05) is 25.1 Å². The van der Waals surface area contributed by atoms with Crippen molar-refractivity contribution in [2.75, 3.05) is 0 Å². The summed E-state index contributed by atoms with van der Waals surface area (Å²) in [5.41, 5.74) is 2.98. The lowest BCUT2D eigenvalue weighted by atomic mass is 9.76. The van der Waals surface area contributed by atoms with Crippen LogP contribution in [0.1, 0.15) is 43.4 Å². The number of benzene rings is 3. The van der Waals surface area contributed by atoms with Gasteiger partial charge in [0.15, 0.2) is 0 Å². The smallest absolute Gasteiger partial charge is 0.0950 e. The highest BCUT2D eigenvalue weighted by molar-refractivity contribution is 5.49. The van der Waals surface area contributed by atoms with Gasteiger partial charge >= 0.3 is 0 Å². The van der Waals surface area contributed by atoms with Gasteiger partial charge in [0, 0.05) is 6.04 Å². The third kappa shape index (κ3) is 3.97. The summed E-state index contributed by atoms with van der Waals surface area (Å²) >= 11 is 0. The van der Waals surface area contributed by atoms with Crippen molar-refractivity contribution in [2.24, 2.45) is 0 Å². The van der Waals surface area contributed by atoms with Crippen LogP contribution >= 0.6 is 0 Å². The summed E-state index contributed by atoms with van der Waals surface area (Å²) in [5, 5.41) is 14.5. The van der Waals surface area contributed by atoms with Crippen molar-refractivity contribution in [3.63, 3.8) is 0 Å². The molecule has 3 aromatic carbocycles. The van der Waals surface area contributed by atoms with Crippen molar-refractivity contribution in [1.29, 1.82) is 0 Å². The number of nitrogens with one attached hydrogen (secondary N) is 1. The van der Waals surface area contributed by atoms with Crippen LogP contribution in [0, 0.1) is 0 Å². The Hall–Kier alpha value is -2.42. The molecule has 0 fully saturated rings. The monoisotopic (exact) mass is 359 g/mol. The van der Waals surface area contributed by atoms with Crippen LogP contribution in [0.15, 0.2) is 91.0 Å². The normalized spacial score (nSPS) is 13.9. The molecule has 0 aliphatic heterocycles. The van der Waals surface area contributed by atoms with E-state index in [0.717, 1.165) is 12.8 Å². The van der Waals surface area contributed by atoms with Gasteiger partial charge in [-0.1, -0.05) is 105 Å². The zero-order valence-electron chi connectivity index (χ0n) is 16.2. The van der Waals surface area contributed by atoms with Crippen LogP contribution in [0.3, 0.4) is 0 Å². The van der Waals surface area contributed by atoms with E-state index in [1.165, 1.54) is 16.7 Å². The second kappa shape index (κ2) is 8.98. The quantitative estimate of drug-likeness (QED) is 0.547. The minimum Gasteiger partial charge on any atom is -0.392 e. The molecule has 3 rings (SSSR count). The average molecular weight is 360 g/mol. The molecule has 0 heterocycles. The maximum atomic E-state index is 10.7. The lowest BCUT2D eigenvalue weighted by Crippen LogP contribution is -2.53. The van der Waals surface area contributed by atoms with Crippen LogP contribution in [-0.4, -0.2) is 17.3 Å². The fourth-order valence-electron chi connectivity index (χ4n) is 3.85. The molecule has 3 aromatic rings. The van der Waals surface area contributed by atoms with Crippen molar-refractivity contribution in [3.8, 4) is 0 Å². The molecule has 0 aromatic heterocycles. The summed E-state index contributed by atoms with van der Waals surface area (Å²) in [4.78, 5) is 0. The first kappa shape index (κ1) is 19.3. The summed E-state index contributed by atoms with van der Waals surface area (Å²) in [5.74, 6) is 0. The Bertz CT molecular complexity index is 705. The van der Waals surface area contributed by atoms with Crippen molar-refractivity contribution in [3.05, 3.63) is 108 Å². The highest BCUT2D eigenvalue weighted by Crippen LogP contribution is 2.37. The Kier molecular flexibility index (Phi) is 6.44. The number of hydrogen-bond donors (Lipinski definition) is 2. The van der Waals surface area contributed by atoms with Crippen molar-refractivity contribution >= 4 is 0 Å². The van der Waals surface area contributed by atoms with Crippen molar-refractivity contribution in [1.82, 2.24) is 5.32 Å². The Morgan fingerprint density at radius 2 is 1.04 bits per heavy atom. The Morgan fingerprint density at radius 3 is 1.33 bits per heavy atom. The summed E-state index contributed by atoms with van der Waals surface area (Å²) in [6.07, 6.45) is 1.17. The van der Waals surface area contributed by atoms with Gasteiger partial charge in [0.2, 0.25) is 0 Å². The third-order valence-electron chi connectivity index (χ3n) is 5.34. The number of aliphatic hydroxyl groups excluding tert-OH is 1. The lowest BCUT2D eigenvalue weighted by molar-refractivity contribution is 0.109. The SMILES string of the molecule is CCC(O)[C@H](CC)NC(c1ccccc1)(c1ccccc1)c1ccccc1. The molecular formula is C25H29NO. The topological polar surface area (TPSA) is 32.3 Å². The Balaban J connectivity index is 2.26. The zero-order chi connectivity index (χ0) is 19.1. The van der Waals surface area contributed by atoms with Crippen LogP contribution in [-0.2, 0) is 5.54 Å². The molecule has 0 radical (unpaired) electrons. The number of aliphatic hydroxyl groups is 1. The van der Waals surface area contributed by atoms with E-state index in [2.05, 4.69) is 85.0 Å². The summed E-state index contributed by atoms with van der Waals surface area (Å²) in [6.45, 7) is 4.16. The minimum absolute atomic E-state index is 0.0179. The van der Waals surface area contributed by atoms with E-state index in [0.29, 0.717) is 0 Å². The molecule has 0 aliphatic carbocycles. The maximum absolute atomic E-state index is 10.7. The van der Waals surface area contributed by atoms with Gasteiger partial charge in [-0.15, -0.1) is 0 Å². The molecule has 0 saturated carbocycles. The average Bonchev–Trinajstić information content (AvgIpc) is 2.76. The molecule has 0 saturated heterocycles. The highest BCUT2D eigenvalue weighted by atomic mass is 16.3. The molecule has 2 heteroatoms. The molecule has 2 atom stereocenters. The van der Waals surface area contributed by atoms with E-state index < -0.39 is 11.6 Å². The van der Waals surface area contributed by atoms with Crippen molar-refractivity contribution in [2.45, 2.75) is 44.4 Å². The molecule has 2 N–H and O–H groups in total. The Labute approximate surface area is 162 Å². The number of hydrogen-bond acceptors (Lipinski definition) is 2. The molecular weight excluding hydrogens is 330 g/mol. The second-order valence-electron chi connectivity index (χ2n) is 6.98. The van der Waals surface area contributed by atoms with Crippen molar-refractivity contribution < 1.29 is 5.11 Å². The second-order valence-corrected chi connectivity index (χ2v) is 6.98. The first-order valence-electron chi connectivity index (χ1n) is 9.84. The fraction of sp³-hybridized carbons (Fsp3) is 0.280. The summed E-state index contributed by atoms with van der Waals surface area (Å²) in [7, 11) is 0. The first-order valence-corrected chi connectivity index (χ1v) is 9.84. The van der Waals surface area contributed by atoms with E-state index in [4.69, 9.17) is 0 Å². The van der Waals surface area contributed by atoms with Crippen LogP contribution in [0.4, 0.5) is 0 Å². The summed E-state index contributed by atoms with van der Waals surface area (Å²) in [6, 6.07) is 31.6. The predicted octanol–water partition coefficient (Wildman–Crippen LogP) is 5.12. The first-order chi connectivity index (χ1) is 13.2. The highest BCUT2D eigenvalue weighted by Gasteiger charge is 2.38. The Morgan fingerprint density at radius 1 is 0.667 bits per heavy atom. The molecule has 0 aliphatic rings. The fourth-order valence-corrected chi connectivity index (χ4v) is 3.85. The van der Waals surface area contributed by atoms with Gasteiger partial charge in [-0.05, 0) is 29.5 Å². The lowest BCUT2D eigenvalue weighted by Gasteiger charge is -2.41. The molecule has 1 unspecified atom stereocenters. The van der Waals surface area contributed by atoms with Gasteiger partial charge < -0.3 is 5.11 Å². The molecule has 140 valence electrons. The standard InChI is InChI=1S/C25H29NO/c1-3-23(24(27)4-2)26-25(20-14-8-5-9-15-20,21-16-10-6-11-17-21)22-18-12-7-13-19-22/h5-19,23-24,26-27H,3-4H2,1-2H3/t23-,24?/m0/s1. The maximum Gasteiger partial charge on any atom is 0.0950 e. The molecule has 2 nitrogen and oxygen atoms in total. The van der Waals surface area contributed by atoms with Crippen LogP contribution in [0.25, 0.3) is 0 Å². The minimum atomic E-state index is -0.527. The van der Waals surface area contributed by atoms with Gasteiger partial charge in [-0.3, -0.25) is 5.32 Å². The van der Waals surface area contributed by atoms with E-state index >= 15 is 0 Å². The van der Waals surface area contributed by atoms with Gasteiger partial charge in [0.05, 0.1) is 11.6 Å². The van der Waals surface area contributed by atoms with Gasteiger partial charge in [-0.25, -0.2) is 0 Å². The van der Waals surface area contributed by atoms with Crippen LogP contribution in [0.2, 0.25) is 0 Å². The summed E-state index contributed by atoms with van der Waals surface area (Å²) < 4.78 is 0. The van der Waals surface area contributed by atoms with E-state index in [9.17, 15) is 5.11 Å². The van der Waals surface area contributed by atoms with Gasteiger partial charge in [0.1, 0.15) is 0 Å². The number of rotatable bonds is 8. The van der Waals surface area contributed by atoms with Gasteiger partial charge in [0.25, 0.3) is 0 Å².